The number of aryl methyl sites for hydroxylation is 1. The molecule has 7 heteroatoms. The molecule has 3 aromatic rings. The van der Waals surface area contributed by atoms with E-state index in [0.717, 1.165) is 28.9 Å². The second-order valence-electron chi connectivity index (χ2n) is 7.99. The molecule has 2 aliphatic rings. The summed E-state index contributed by atoms with van der Waals surface area (Å²) >= 11 is 0. The highest BCUT2D eigenvalue weighted by Gasteiger charge is 2.35. The molecule has 1 saturated heterocycles. The van der Waals surface area contributed by atoms with Gasteiger partial charge in [0.15, 0.2) is 0 Å². The van der Waals surface area contributed by atoms with Crippen LogP contribution in [-0.4, -0.2) is 35.6 Å². The molecule has 1 aromatic heterocycles. The third-order valence-electron chi connectivity index (χ3n) is 5.97. The van der Waals surface area contributed by atoms with Crippen molar-refractivity contribution in [1.29, 1.82) is 0 Å². The lowest BCUT2D eigenvalue weighted by Gasteiger charge is -2.36. The first kappa shape index (κ1) is 19.2. The highest BCUT2D eigenvalue weighted by Crippen LogP contribution is 2.36. The highest BCUT2D eigenvalue weighted by molar-refractivity contribution is 7.89. The van der Waals surface area contributed by atoms with E-state index in [1.165, 1.54) is 17.7 Å². The molecule has 5 nitrogen and oxygen atoms in total. The molecule has 1 aliphatic heterocycles. The van der Waals surface area contributed by atoms with Crippen LogP contribution >= 0.6 is 0 Å². The van der Waals surface area contributed by atoms with Crippen molar-refractivity contribution in [2.24, 2.45) is 5.92 Å². The highest BCUT2D eigenvalue weighted by atomic mass is 32.2. The van der Waals surface area contributed by atoms with Gasteiger partial charge in [-0.2, -0.15) is 9.40 Å². The van der Waals surface area contributed by atoms with Gasteiger partial charge in [-0.3, -0.25) is 0 Å². The summed E-state index contributed by atoms with van der Waals surface area (Å²) in [6, 6.07) is 13.4. The molecule has 2 aromatic carbocycles. The fourth-order valence-electron chi connectivity index (χ4n) is 4.37. The summed E-state index contributed by atoms with van der Waals surface area (Å²) in [7, 11) is -3.50. The van der Waals surface area contributed by atoms with Crippen LogP contribution in [0.15, 0.2) is 65.2 Å². The smallest absolute Gasteiger partial charge is 0.233 e. The molecule has 0 radical (unpaired) electrons. The van der Waals surface area contributed by atoms with Crippen molar-refractivity contribution in [3.63, 3.8) is 0 Å². The van der Waals surface area contributed by atoms with Crippen LogP contribution in [0.3, 0.4) is 0 Å². The van der Waals surface area contributed by atoms with E-state index in [2.05, 4.69) is 11.2 Å². The van der Waals surface area contributed by atoms with Gasteiger partial charge in [-0.1, -0.05) is 17.7 Å². The third-order valence-corrected chi connectivity index (χ3v) is 7.83. The number of nitrogens with zero attached hydrogens (tertiary/aromatic N) is 3. The molecule has 0 bridgehead atoms. The van der Waals surface area contributed by atoms with Crippen LogP contribution in [0.25, 0.3) is 11.8 Å². The first-order valence-electron chi connectivity index (χ1n) is 10.0. The first-order valence-corrected chi connectivity index (χ1v) is 11.5. The Morgan fingerprint density at radius 1 is 1.13 bits per heavy atom. The van der Waals surface area contributed by atoms with Gasteiger partial charge < -0.3 is 0 Å². The molecule has 5 rings (SSSR count). The van der Waals surface area contributed by atoms with Crippen molar-refractivity contribution in [2.45, 2.75) is 24.7 Å². The van der Waals surface area contributed by atoms with Crippen molar-refractivity contribution in [1.82, 2.24) is 14.1 Å². The van der Waals surface area contributed by atoms with E-state index < -0.39 is 10.0 Å². The van der Waals surface area contributed by atoms with Crippen molar-refractivity contribution >= 4 is 16.1 Å². The van der Waals surface area contributed by atoms with Crippen molar-refractivity contribution in [2.75, 3.05) is 13.1 Å². The number of aromatic nitrogens is 2. The molecule has 1 aliphatic carbocycles. The summed E-state index contributed by atoms with van der Waals surface area (Å²) < 4.78 is 43.0. The maximum atomic E-state index is 13.3. The van der Waals surface area contributed by atoms with E-state index >= 15 is 0 Å². The van der Waals surface area contributed by atoms with Crippen LogP contribution in [0.1, 0.15) is 23.2 Å². The molecule has 0 spiro atoms. The Bertz CT molecular complexity index is 1250. The second-order valence-corrected chi connectivity index (χ2v) is 9.93. The average molecular weight is 424 g/mol. The van der Waals surface area contributed by atoms with Gasteiger partial charge in [0.2, 0.25) is 10.0 Å². The van der Waals surface area contributed by atoms with Gasteiger partial charge in [0.05, 0.1) is 22.5 Å². The Labute approximate surface area is 175 Å². The number of hydrogen-bond acceptors (Lipinski definition) is 3. The molecule has 1 fully saturated rings. The summed E-state index contributed by atoms with van der Waals surface area (Å²) in [6.07, 6.45) is 5.42. The maximum absolute atomic E-state index is 13.3. The Balaban J connectivity index is 1.42. The average Bonchev–Trinajstić information content (AvgIpc) is 3.15. The van der Waals surface area contributed by atoms with E-state index in [0.29, 0.717) is 24.4 Å². The molecule has 0 amide bonds. The summed E-state index contributed by atoms with van der Waals surface area (Å²) in [4.78, 5) is 0.357. The molecule has 0 N–H and O–H groups in total. The molecule has 0 saturated carbocycles. The second kappa shape index (κ2) is 7.18. The van der Waals surface area contributed by atoms with Crippen LogP contribution in [-0.2, 0) is 16.4 Å². The van der Waals surface area contributed by atoms with Crippen molar-refractivity contribution in [3.05, 3.63) is 82.9 Å². The lowest BCUT2D eigenvalue weighted by atomic mass is 9.83. The molecular formula is C23H22FN3O2S. The molecular weight excluding hydrogens is 401 g/mol. The number of sulfonamides is 1. The summed E-state index contributed by atoms with van der Waals surface area (Å²) in [6.45, 7) is 2.85. The zero-order valence-electron chi connectivity index (χ0n) is 16.6. The van der Waals surface area contributed by atoms with E-state index in [1.54, 1.807) is 34.6 Å². The van der Waals surface area contributed by atoms with Gasteiger partial charge in [-0.05, 0) is 79.3 Å². The Kier molecular flexibility index (Phi) is 4.60. The monoisotopic (exact) mass is 423 g/mol. The normalized spacial score (nSPS) is 19.1. The minimum Gasteiger partial charge on any atom is -0.233 e. The summed E-state index contributed by atoms with van der Waals surface area (Å²) in [5, 5.41) is 4.50. The standard InChI is InChI=1S/C23H22FN3O2S/c1-16-3-2-4-22(11-16)30(28,29)26-10-9-17-13-23-18(12-19(17)15-26)14-25-27(23)21-7-5-20(24)6-8-21/h2-8,11,13-14,19H,9-10,12,15H2,1H3. The van der Waals surface area contributed by atoms with Crippen LogP contribution in [0.4, 0.5) is 4.39 Å². The summed E-state index contributed by atoms with van der Waals surface area (Å²) in [5.41, 5.74) is 5.09. The number of hydrogen-bond donors (Lipinski definition) is 0. The van der Waals surface area contributed by atoms with Crippen molar-refractivity contribution in [3.8, 4) is 5.69 Å². The zero-order valence-corrected chi connectivity index (χ0v) is 17.4. The van der Waals surface area contributed by atoms with Gasteiger partial charge in [0, 0.05) is 13.1 Å². The largest absolute Gasteiger partial charge is 0.243 e. The number of fused-ring (bicyclic) bond motifs is 2. The fourth-order valence-corrected chi connectivity index (χ4v) is 5.96. The Hall–Kier alpha value is -2.77. The topological polar surface area (TPSA) is 55.2 Å². The first-order chi connectivity index (χ1) is 14.4. The molecule has 154 valence electrons. The number of rotatable bonds is 3. The van der Waals surface area contributed by atoms with Gasteiger partial charge in [0.1, 0.15) is 5.82 Å². The molecule has 2 heterocycles. The van der Waals surface area contributed by atoms with Crippen molar-refractivity contribution < 1.29 is 12.8 Å². The number of piperidine rings is 1. The van der Waals surface area contributed by atoms with Gasteiger partial charge in [0.25, 0.3) is 0 Å². The van der Waals surface area contributed by atoms with E-state index in [4.69, 9.17) is 0 Å². The third kappa shape index (κ3) is 3.28. The van der Waals surface area contributed by atoms with Crippen LogP contribution < -0.4 is 0 Å². The van der Waals surface area contributed by atoms with Gasteiger partial charge in [-0.15, -0.1) is 0 Å². The lowest BCUT2D eigenvalue weighted by molar-refractivity contribution is 0.322. The molecule has 30 heavy (non-hydrogen) atoms. The van der Waals surface area contributed by atoms with Gasteiger partial charge >= 0.3 is 0 Å². The SMILES string of the molecule is Cc1cccc(S(=O)(=O)N2CCC3=Cc4c(cnn4-c4ccc(F)cc4)CC3C2)c1. The number of benzene rings is 2. The lowest BCUT2D eigenvalue weighted by Crippen LogP contribution is -2.42. The van der Waals surface area contributed by atoms with Crippen LogP contribution in [0.5, 0.6) is 0 Å². The maximum Gasteiger partial charge on any atom is 0.243 e. The zero-order chi connectivity index (χ0) is 20.9. The summed E-state index contributed by atoms with van der Waals surface area (Å²) in [5.74, 6) is -0.128. The quantitative estimate of drug-likeness (QED) is 0.641. The minimum absolute atomic E-state index is 0.150. The Morgan fingerprint density at radius 3 is 2.70 bits per heavy atom. The van der Waals surface area contributed by atoms with Crippen LogP contribution in [0, 0.1) is 18.7 Å². The predicted molar refractivity (Wildman–Crippen MR) is 113 cm³/mol. The molecule has 1 atom stereocenters. The van der Waals surface area contributed by atoms with E-state index in [1.807, 2.05) is 23.9 Å². The minimum atomic E-state index is -3.50. The number of halogens is 1. The van der Waals surface area contributed by atoms with E-state index in [-0.39, 0.29) is 11.7 Å². The van der Waals surface area contributed by atoms with E-state index in [9.17, 15) is 12.8 Å². The van der Waals surface area contributed by atoms with Crippen LogP contribution in [0.2, 0.25) is 0 Å². The fraction of sp³-hybridized carbons (Fsp3) is 0.261. The molecule has 1 unspecified atom stereocenters. The Morgan fingerprint density at radius 2 is 1.93 bits per heavy atom. The predicted octanol–water partition coefficient (Wildman–Crippen LogP) is 3.97. The van der Waals surface area contributed by atoms with Gasteiger partial charge in [-0.25, -0.2) is 17.5 Å².